The average Bonchev–Trinajstić information content (AvgIpc) is 3.07. The summed E-state index contributed by atoms with van der Waals surface area (Å²) in [6.07, 6.45) is 2.37. The minimum Gasteiger partial charge on any atom is -0.468 e. The molecule has 2 fully saturated rings. The molecule has 0 bridgehead atoms. The second kappa shape index (κ2) is 5.67. The standard InChI is InChI=1S/C12H20N2O4/c1-18-12(17)10-6-9(15)7-14(10)5-4-11(16)13-8-2-3-8/h8-10,15H,2-7H2,1H3,(H,13,16). The fourth-order valence-electron chi connectivity index (χ4n) is 2.28. The van der Waals surface area contributed by atoms with Crippen molar-refractivity contribution in [2.75, 3.05) is 20.2 Å². The molecule has 0 aromatic heterocycles. The van der Waals surface area contributed by atoms with Crippen molar-refractivity contribution in [1.82, 2.24) is 10.2 Å². The zero-order chi connectivity index (χ0) is 13.1. The van der Waals surface area contributed by atoms with Crippen molar-refractivity contribution in [3.63, 3.8) is 0 Å². The molecule has 2 N–H and O–H groups in total. The first-order valence-electron chi connectivity index (χ1n) is 6.39. The number of ether oxygens (including phenoxy) is 1. The number of hydrogen-bond donors (Lipinski definition) is 2. The minimum absolute atomic E-state index is 0.0162. The first kappa shape index (κ1) is 13.3. The number of amides is 1. The minimum atomic E-state index is -0.513. The molecule has 18 heavy (non-hydrogen) atoms. The van der Waals surface area contributed by atoms with E-state index in [1.165, 1.54) is 7.11 Å². The van der Waals surface area contributed by atoms with Crippen LogP contribution < -0.4 is 5.32 Å². The highest BCUT2D eigenvalue weighted by Crippen LogP contribution is 2.20. The number of nitrogens with zero attached hydrogens (tertiary/aromatic N) is 1. The molecule has 0 radical (unpaired) electrons. The Kier molecular flexibility index (Phi) is 4.19. The Morgan fingerprint density at radius 1 is 1.44 bits per heavy atom. The highest BCUT2D eigenvalue weighted by molar-refractivity contribution is 5.78. The zero-order valence-electron chi connectivity index (χ0n) is 10.6. The molecule has 1 aliphatic heterocycles. The third-order valence-electron chi connectivity index (χ3n) is 3.42. The van der Waals surface area contributed by atoms with Crippen molar-refractivity contribution >= 4 is 11.9 Å². The quantitative estimate of drug-likeness (QED) is 0.634. The molecule has 2 unspecified atom stereocenters. The first-order valence-corrected chi connectivity index (χ1v) is 6.39. The maximum absolute atomic E-state index is 11.6. The summed E-state index contributed by atoms with van der Waals surface area (Å²) in [5, 5.41) is 12.5. The Bertz CT molecular complexity index is 330. The third kappa shape index (κ3) is 3.43. The Morgan fingerprint density at radius 3 is 2.78 bits per heavy atom. The number of nitrogens with one attached hydrogen (secondary N) is 1. The van der Waals surface area contributed by atoms with Gasteiger partial charge in [-0.15, -0.1) is 0 Å². The van der Waals surface area contributed by atoms with Crippen molar-refractivity contribution in [3.05, 3.63) is 0 Å². The number of rotatable bonds is 5. The van der Waals surface area contributed by atoms with Crippen LogP contribution in [0.4, 0.5) is 0 Å². The molecule has 0 aromatic rings. The molecule has 6 heteroatoms. The highest BCUT2D eigenvalue weighted by atomic mass is 16.5. The number of methoxy groups -OCH3 is 1. The molecule has 1 saturated carbocycles. The lowest BCUT2D eigenvalue weighted by atomic mass is 10.2. The fraction of sp³-hybridized carbons (Fsp3) is 0.833. The van der Waals surface area contributed by atoms with Gasteiger partial charge in [0.15, 0.2) is 0 Å². The van der Waals surface area contributed by atoms with E-state index in [4.69, 9.17) is 4.74 Å². The SMILES string of the molecule is COC(=O)C1CC(O)CN1CCC(=O)NC1CC1. The second-order valence-corrected chi connectivity index (χ2v) is 5.02. The maximum atomic E-state index is 11.6. The summed E-state index contributed by atoms with van der Waals surface area (Å²) in [4.78, 5) is 24.9. The molecule has 0 aromatic carbocycles. The highest BCUT2D eigenvalue weighted by Gasteiger charge is 2.36. The predicted octanol–water partition coefficient (Wildman–Crippen LogP) is -0.737. The number of aliphatic hydroxyl groups excluding tert-OH is 1. The van der Waals surface area contributed by atoms with Crippen molar-refractivity contribution < 1.29 is 19.4 Å². The lowest BCUT2D eigenvalue weighted by Gasteiger charge is -2.21. The molecule has 1 heterocycles. The van der Waals surface area contributed by atoms with E-state index in [0.717, 1.165) is 12.8 Å². The third-order valence-corrected chi connectivity index (χ3v) is 3.42. The molecule has 1 aliphatic carbocycles. The summed E-state index contributed by atoms with van der Waals surface area (Å²) in [6.45, 7) is 0.909. The molecule has 2 atom stereocenters. The van der Waals surface area contributed by atoms with Crippen molar-refractivity contribution in [2.24, 2.45) is 0 Å². The van der Waals surface area contributed by atoms with Crippen LogP contribution in [0.2, 0.25) is 0 Å². The van der Waals surface area contributed by atoms with Crippen LogP contribution in [0.5, 0.6) is 0 Å². The molecule has 2 rings (SSSR count). The van der Waals surface area contributed by atoms with Gasteiger partial charge in [0, 0.05) is 32.0 Å². The topological polar surface area (TPSA) is 78.9 Å². The van der Waals surface area contributed by atoms with E-state index >= 15 is 0 Å². The van der Waals surface area contributed by atoms with E-state index in [-0.39, 0.29) is 11.9 Å². The van der Waals surface area contributed by atoms with Gasteiger partial charge in [-0.2, -0.15) is 0 Å². The van der Waals surface area contributed by atoms with Crippen LogP contribution in [0.1, 0.15) is 25.7 Å². The van der Waals surface area contributed by atoms with Gasteiger partial charge in [-0.3, -0.25) is 14.5 Å². The fourth-order valence-corrected chi connectivity index (χ4v) is 2.28. The Morgan fingerprint density at radius 2 is 2.17 bits per heavy atom. The number of aliphatic hydroxyl groups is 1. The summed E-state index contributed by atoms with van der Waals surface area (Å²) in [6, 6.07) is -0.0585. The Labute approximate surface area is 106 Å². The van der Waals surface area contributed by atoms with E-state index in [1.54, 1.807) is 0 Å². The van der Waals surface area contributed by atoms with E-state index < -0.39 is 12.1 Å². The molecule has 6 nitrogen and oxygen atoms in total. The van der Waals surface area contributed by atoms with E-state index in [1.807, 2.05) is 4.90 Å². The number of esters is 1. The molecule has 102 valence electrons. The van der Waals surface area contributed by atoms with Crippen LogP contribution in [0, 0.1) is 0 Å². The Hall–Kier alpha value is -1.14. The normalized spacial score (nSPS) is 28.1. The van der Waals surface area contributed by atoms with Gasteiger partial charge in [-0.25, -0.2) is 0 Å². The summed E-state index contributed by atoms with van der Waals surface area (Å²) in [7, 11) is 1.34. The number of carbonyl (C=O) groups is 2. The molecule has 2 aliphatic rings. The van der Waals surface area contributed by atoms with Gasteiger partial charge < -0.3 is 15.2 Å². The monoisotopic (exact) mass is 256 g/mol. The first-order chi connectivity index (χ1) is 8.60. The summed E-state index contributed by atoms with van der Waals surface area (Å²) >= 11 is 0. The lowest BCUT2D eigenvalue weighted by molar-refractivity contribution is -0.146. The molecule has 1 saturated heterocycles. The molecule has 1 amide bonds. The van der Waals surface area contributed by atoms with E-state index in [0.29, 0.717) is 32.0 Å². The van der Waals surface area contributed by atoms with Gasteiger partial charge >= 0.3 is 5.97 Å². The van der Waals surface area contributed by atoms with Gasteiger partial charge in [0.05, 0.1) is 13.2 Å². The van der Waals surface area contributed by atoms with Gasteiger partial charge in [0.2, 0.25) is 5.91 Å². The zero-order valence-corrected chi connectivity index (χ0v) is 10.6. The van der Waals surface area contributed by atoms with Gasteiger partial charge in [0.1, 0.15) is 6.04 Å². The van der Waals surface area contributed by atoms with Crippen molar-refractivity contribution in [1.29, 1.82) is 0 Å². The van der Waals surface area contributed by atoms with E-state index in [9.17, 15) is 14.7 Å². The van der Waals surface area contributed by atoms with Crippen molar-refractivity contribution in [3.8, 4) is 0 Å². The molecular formula is C12H20N2O4. The average molecular weight is 256 g/mol. The van der Waals surface area contributed by atoms with Crippen LogP contribution in [-0.4, -0.2) is 60.3 Å². The van der Waals surface area contributed by atoms with Crippen molar-refractivity contribution in [2.45, 2.75) is 43.9 Å². The Balaban J connectivity index is 1.78. The van der Waals surface area contributed by atoms with Crippen LogP contribution >= 0.6 is 0 Å². The number of likely N-dealkylation sites (tertiary alicyclic amines) is 1. The van der Waals surface area contributed by atoms with Crippen LogP contribution in [0.25, 0.3) is 0 Å². The molecular weight excluding hydrogens is 236 g/mol. The number of β-amino-alcohol motifs (C(OH)–C–C–N with tert-alkyl or cyclic N) is 1. The summed E-state index contributed by atoms with van der Waals surface area (Å²) in [5.74, 6) is -0.323. The van der Waals surface area contributed by atoms with Crippen LogP contribution in [0.3, 0.4) is 0 Å². The summed E-state index contributed by atoms with van der Waals surface area (Å²) < 4.78 is 4.70. The van der Waals surface area contributed by atoms with Crippen LogP contribution in [0.15, 0.2) is 0 Å². The number of carbonyl (C=O) groups excluding carboxylic acids is 2. The smallest absolute Gasteiger partial charge is 0.323 e. The van der Waals surface area contributed by atoms with Gasteiger partial charge in [-0.05, 0) is 12.8 Å². The van der Waals surface area contributed by atoms with Crippen LogP contribution in [-0.2, 0) is 14.3 Å². The van der Waals surface area contributed by atoms with Gasteiger partial charge in [-0.1, -0.05) is 0 Å². The predicted molar refractivity (Wildman–Crippen MR) is 63.8 cm³/mol. The number of hydrogen-bond acceptors (Lipinski definition) is 5. The summed E-state index contributed by atoms with van der Waals surface area (Å²) in [5.41, 5.74) is 0. The molecule has 0 spiro atoms. The lowest BCUT2D eigenvalue weighted by Crippen LogP contribution is -2.39. The van der Waals surface area contributed by atoms with Gasteiger partial charge in [0.25, 0.3) is 0 Å². The second-order valence-electron chi connectivity index (χ2n) is 5.02. The van der Waals surface area contributed by atoms with E-state index in [2.05, 4.69) is 5.32 Å². The maximum Gasteiger partial charge on any atom is 0.323 e. The largest absolute Gasteiger partial charge is 0.468 e.